The molecule has 1 aliphatic rings. The van der Waals surface area contributed by atoms with Crippen LogP contribution >= 0.6 is 11.6 Å². The van der Waals surface area contributed by atoms with Crippen molar-refractivity contribution in [1.29, 1.82) is 0 Å². The van der Waals surface area contributed by atoms with E-state index < -0.39 is 16.1 Å². The number of amides is 1. The molecule has 1 aliphatic carbocycles. The van der Waals surface area contributed by atoms with Gasteiger partial charge in [0.2, 0.25) is 15.9 Å². The summed E-state index contributed by atoms with van der Waals surface area (Å²) in [6, 6.07) is 21.8. The number of nitrogens with zero attached hydrogens (tertiary/aromatic N) is 3. The number of sulfonamides is 1. The summed E-state index contributed by atoms with van der Waals surface area (Å²) in [4.78, 5) is 20.3. The molecule has 42 heavy (non-hydrogen) atoms. The number of carbonyl (C=O) groups is 1. The van der Waals surface area contributed by atoms with E-state index in [1.54, 1.807) is 29.3 Å². The van der Waals surface area contributed by atoms with Gasteiger partial charge < -0.3 is 9.47 Å². The predicted molar refractivity (Wildman–Crippen MR) is 167 cm³/mol. The van der Waals surface area contributed by atoms with E-state index >= 15 is 0 Å². The number of benzene rings is 3. The highest BCUT2D eigenvalue weighted by Crippen LogP contribution is 2.43. The van der Waals surface area contributed by atoms with Gasteiger partial charge in [-0.1, -0.05) is 74.8 Å². The van der Waals surface area contributed by atoms with Crippen molar-refractivity contribution in [3.63, 3.8) is 0 Å². The Balaban J connectivity index is 1.52. The number of fused-ring (bicyclic) bond motifs is 1. The Labute approximate surface area is 253 Å². The molecule has 0 spiro atoms. The van der Waals surface area contributed by atoms with Gasteiger partial charge in [0.15, 0.2) is 0 Å². The number of anilines is 1. The third kappa shape index (κ3) is 6.46. The molecule has 0 saturated heterocycles. The molecule has 4 aromatic rings. The second kappa shape index (κ2) is 12.0. The molecule has 0 unspecified atom stereocenters. The summed E-state index contributed by atoms with van der Waals surface area (Å²) in [5.41, 5.74) is 3.61. The Morgan fingerprint density at radius 3 is 2.57 bits per heavy atom. The molecule has 9 heteroatoms. The van der Waals surface area contributed by atoms with Crippen LogP contribution in [0.1, 0.15) is 74.5 Å². The van der Waals surface area contributed by atoms with Crippen molar-refractivity contribution < 1.29 is 13.2 Å². The van der Waals surface area contributed by atoms with Gasteiger partial charge in [-0.2, -0.15) is 0 Å². The number of aromatic nitrogens is 2. The fourth-order valence-corrected chi connectivity index (χ4v) is 7.27. The highest BCUT2D eigenvalue weighted by atomic mass is 35.5. The van der Waals surface area contributed by atoms with E-state index in [0.717, 1.165) is 28.9 Å². The van der Waals surface area contributed by atoms with Crippen LogP contribution < -0.4 is 9.62 Å². The van der Waals surface area contributed by atoms with E-state index in [1.165, 1.54) is 6.07 Å². The van der Waals surface area contributed by atoms with Crippen LogP contribution in [0.25, 0.3) is 0 Å². The lowest BCUT2D eigenvalue weighted by Crippen LogP contribution is -2.37. The van der Waals surface area contributed by atoms with Gasteiger partial charge in [-0.15, -0.1) is 0 Å². The summed E-state index contributed by atoms with van der Waals surface area (Å²) >= 11 is 6.11. The van der Waals surface area contributed by atoms with Gasteiger partial charge in [0, 0.05) is 42.6 Å². The largest absolute Gasteiger partial charge is 0.337 e. The maximum atomic E-state index is 14.0. The number of hydrogen-bond acceptors (Lipinski definition) is 4. The molecule has 7 nitrogen and oxygen atoms in total. The van der Waals surface area contributed by atoms with E-state index in [4.69, 9.17) is 11.6 Å². The molecule has 1 N–H and O–H groups in total. The SMILES string of the molecule is C[C@H](CC(=O)N(Cc1nccn1C)c1ccc2c(c1)[C@@H](NS(=O)(=O)c1cccc(Cl)c1)CCC2(C)C)c1ccccc1. The van der Waals surface area contributed by atoms with Crippen molar-refractivity contribution in [2.75, 3.05) is 4.90 Å². The van der Waals surface area contributed by atoms with Crippen LogP contribution in [0.15, 0.2) is 90.1 Å². The molecule has 1 heterocycles. The molecule has 3 aromatic carbocycles. The Kier molecular flexibility index (Phi) is 8.60. The standard InChI is InChI=1S/C33H37ClN4O3S/c1-23(24-9-6-5-7-10-24)19-32(39)38(22-31-35-17-18-37(31)4)26-13-14-29-28(21-26)30(15-16-33(29,2)3)36-42(40,41)27-12-8-11-25(34)20-27/h5-14,17-18,20-21,23,30,36H,15-16,19,22H2,1-4H3/t23-,30+/m1/s1. The normalized spacial score (nSPS) is 16.9. The highest BCUT2D eigenvalue weighted by molar-refractivity contribution is 7.89. The first kappa shape index (κ1) is 30.0. The minimum Gasteiger partial charge on any atom is -0.337 e. The van der Waals surface area contributed by atoms with Gasteiger partial charge in [-0.3, -0.25) is 4.79 Å². The van der Waals surface area contributed by atoms with Gasteiger partial charge >= 0.3 is 0 Å². The second-order valence-corrected chi connectivity index (χ2v) is 13.9. The lowest BCUT2D eigenvalue weighted by atomic mass is 9.71. The first-order chi connectivity index (χ1) is 19.9. The van der Waals surface area contributed by atoms with Gasteiger partial charge in [0.1, 0.15) is 5.82 Å². The van der Waals surface area contributed by atoms with Crippen molar-refractivity contribution in [3.8, 4) is 0 Å². The number of halogens is 1. The molecule has 0 aliphatic heterocycles. The maximum absolute atomic E-state index is 14.0. The quantitative estimate of drug-likeness (QED) is 0.225. The summed E-state index contributed by atoms with van der Waals surface area (Å²) in [6.45, 7) is 6.70. The van der Waals surface area contributed by atoms with E-state index in [9.17, 15) is 13.2 Å². The molecule has 0 bridgehead atoms. The zero-order valence-electron chi connectivity index (χ0n) is 24.4. The fraction of sp³-hybridized carbons (Fsp3) is 0.333. The summed E-state index contributed by atoms with van der Waals surface area (Å²) in [5.74, 6) is 0.754. The lowest BCUT2D eigenvalue weighted by molar-refractivity contribution is -0.119. The van der Waals surface area contributed by atoms with Crippen molar-refractivity contribution >= 4 is 33.2 Å². The molecule has 220 valence electrons. The van der Waals surface area contributed by atoms with E-state index in [-0.39, 0.29) is 22.1 Å². The number of carbonyl (C=O) groups excluding carboxylic acids is 1. The number of nitrogens with one attached hydrogen (secondary N) is 1. The average molecular weight is 605 g/mol. The molecule has 2 atom stereocenters. The number of rotatable bonds is 9. The number of hydrogen-bond donors (Lipinski definition) is 1. The van der Waals surface area contributed by atoms with Crippen molar-refractivity contribution in [1.82, 2.24) is 14.3 Å². The van der Waals surface area contributed by atoms with Gasteiger partial charge in [0.05, 0.1) is 11.4 Å². The van der Waals surface area contributed by atoms with Gasteiger partial charge in [-0.25, -0.2) is 18.1 Å². The van der Waals surface area contributed by atoms with Crippen LogP contribution in [0, 0.1) is 0 Å². The minimum absolute atomic E-state index is 0.0244. The third-order valence-corrected chi connectivity index (χ3v) is 9.99. The van der Waals surface area contributed by atoms with Crippen molar-refractivity contribution in [3.05, 3.63) is 113 Å². The molecule has 0 radical (unpaired) electrons. The summed E-state index contributed by atoms with van der Waals surface area (Å²) in [7, 11) is -1.92. The molecule has 1 amide bonds. The first-order valence-corrected chi connectivity index (χ1v) is 16.0. The van der Waals surface area contributed by atoms with Crippen LogP contribution in [0.2, 0.25) is 5.02 Å². The first-order valence-electron chi connectivity index (χ1n) is 14.2. The molecule has 5 rings (SSSR count). The zero-order chi connectivity index (χ0) is 30.1. The monoisotopic (exact) mass is 604 g/mol. The average Bonchev–Trinajstić information content (AvgIpc) is 3.37. The van der Waals surface area contributed by atoms with Gasteiger partial charge in [-0.05, 0) is 71.2 Å². The Hall–Kier alpha value is -3.46. The third-order valence-electron chi connectivity index (χ3n) is 8.28. The zero-order valence-corrected chi connectivity index (χ0v) is 26.0. The maximum Gasteiger partial charge on any atom is 0.241 e. The fourth-order valence-electron chi connectivity index (χ4n) is 5.72. The van der Waals surface area contributed by atoms with E-state index in [1.807, 2.05) is 66.3 Å². The summed E-state index contributed by atoms with van der Waals surface area (Å²) in [5, 5.41) is 0.360. The predicted octanol–water partition coefficient (Wildman–Crippen LogP) is 6.89. The topological polar surface area (TPSA) is 84.3 Å². The smallest absolute Gasteiger partial charge is 0.241 e. The highest BCUT2D eigenvalue weighted by Gasteiger charge is 2.36. The molecule has 1 aromatic heterocycles. The van der Waals surface area contributed by atoms with Crippen molar-refractivity contribution in [2.45, 2.75) is 68.8 Å². The van der Waals surface area contributed by atoms with Crippen LogP contribution in [0.4, 0.5) is 5.69 Å². The van der Waals surface area contributed by atoms with Gasteiger partial charge in [0.25, 0.3) is 0 Å². The molecular weight excluding hydrogens is 568 g/mol. The summed E-state index contributed by atoms with van der Waals surface area (Å²) < 4.78 is 31.7. The number of aryl methyl sites for hydroxylation is 1. The molecule has 0 saturated carbocycles. The Morgan fingerprint density at radius 2 is 1.88 bits per heavy atom. The second-order valence-electron chi connectivity index (χ2n) is 11.8. The van der Waals surface area contributed by atoms with Crippen molar-refractivity contribution in [2.24, 2.45) is 7.05 Å². The van der Waals surface area contributed by atoms with E-state index in [2.05, 4.69) is 30.5 Å². The molecule has 0 fully saturated rings. The minimum atomic E-state index is -3.83. The Morgan fingerprint density at radius 1 is 1.12 bits per heavy atom. The molecular formula is C33H37ClN4O3S. The van der Waals surface area contributed by atoms with Crippen LogP contribution in [0.3, 0.4) is 0 Å². The van der Waals surface area contributed by atoms with E-state index in [0.29, 0.717) is 30.1 Å². The Bertz CT molecular complexity index is 1680. The van der Waals surface area contributed by atoms with Crippen LogP contribution in [-0.4, -0.2) is 23.9 Å². The van der Waals surface area contributed by atoms with Crippen LogP contribution in [0.5, 0.6) is 0 Å². The number of imidazole rings is 1. The summed E-state index contributed by atoms with van der Waals surface area (Å²) in [6.07, 6.45) is 5.34. The van der Waals surface area contributed by atoms with Crippen LogP contribution in [-0.2, 0) is 33.8 Å². The lowest BCUT2D eigenvalue weighted by Gasteiger charge is -2.38.